The zero-order valence-electron chi connectivity index (χ0n) is 7.47. The lowest BCUT2D eigenvalue weighted by molar-refractivity contribution is 0.0806. The van der Waals surface area contributed by atoms with Crippen molar-refractivity contribution in [1.82, 2.24) is 0 Å². The molecule has 0 aliphatic rings. The monoisotopic (exact) mass is 246 g/mol. The first-order chi connectivity index (χ1) is 6.27. The van der Waals surface area contributed by atoms with E-state index in [2.05, 4.69) is 15.9 Å². The van der Waals surface area contributed by atoms with E-state index >= 15 is 0 Å². The molecule has 0 heterocycles. The molecule has 0 fully saturated rings. The molecule has 0 N–H and O–H groups in total. The summed E-state index contributed by atoms with van der Waals surface area (Å²) >= 11 is 3.35. The quantitative estimate of drug-likeness (QED) is 0.742. The summed E-state index contributed by atoms with van der Waals surface area (Å²) in [5, 5.41) is 0.729. The number of halogens is 2. The zero-order valence-corrected chi connectivity index (χ0v) is 9.05. The summed E-state index contributed by atoms with van der Waals surface area (Å²) < 4.78 is 18.0. The summed E-state index contributed by atoms with van der Waals surface area (Å²) in [5.41, 5.74) is 1.00. The fourth-order valence-corrected chi connectivity index (χ4v) is 1.67. The van der Waals surface area contributed by atoms with Gasteiger partial charge in [-0.1, -0.05) is 28.1 Å². The van der Waals surface area contributed by atoms with Crippen molar-refractivity contribution in [2.75, 3.05) is 11.9 Å². The Morgan fingerprint density at radius 2 is 2.00 bits per heavy atom. The summed E-state index contributed by atoms with van der Waals surface area (Å²) in [5.74, 6) is -0.214. The third-order valence-electron chi connectivity index (χ3n) is 1.75. The van der Waals surface area contributed by atoms with Gasteiger partial charge in [0, 0.05) is 11.9 Å². The summed E-state index contributed by atoms with van der Waals surface area (Å²) in [6, 6.07) is 6.39. The normalized spacial score (nSPS) is 12.8. The minimum Gasteiger partial charge on any atom is -0.373 e. The van der Waals surface area contributed by atoms with E-state index in [0.29, 0.717) is 6.61 Å². The molecule has 1 rings (SSSR count). The maximum Gasteiger partial charge on any atom is 0.123 e. The molecule has 1 unspecified atom stereocenters. The predicted molar refractivity (Wildman–Crippen MR) is 54.6 cm³/mol. The predicted octanol–water partition coefficient (Wildman–Crippen LogP) is 3.30. The van der Waals surface area contributed by atoms with Crippen molar-refractivity contribution in [2.24, 2.45) is 0 Å². The van der Waals surface area contributed by atoms with Crippen LogP contribution in [0.5, 0.6) is 0 Å². The molecule has 0 spiro atoms. The summed E-state index contributed by atoms with van der Waals surface area (Å²) in [4.78, 5) is 0. The minimum absolute atomic E-state index is 0.0191. The molecule has 1 aromatic carbocycles. The molecule has 0 radical (unpaired) electrons. The van der Waals surface area contributed by atoms with Crippen LogP contribution in [-0.2, 0) is 4.74 Å². The van der Waals surface area contributed by atoms with Crippen LogP contribution in [0.25, 0.3) is 0 Å². The van der Waals surface area contributed by atoms with Crippen molar-refractivity contribution in [3.8, 4) is 0 Å². The number of hydrogen-bond acceptors (Lipinski definition) is 1. The maximum absolute atomic E-state index is 12.6. The van der Waals surface area contributed by atoms with Crippen molar-refractivity contribution in [2.45, 2.75) is 13.0 Å². The molecule has 1 nitrogen and oxygen atoms in total. The van der Waals surface area contributed by atoms with Crippen LogP contribution in [0.1, 0.15) is 18.6 Å². The molecular formula is C10H12BrFO. The van der Waals surface area contributed by atoms with E-state index in [1.54, 1.807) is 12.1 Å². The Kier molecular flexibility index (Phi) is 4.39. The topological polar surface area (TPSA) is 9.23 Å². The Balaban J connectivity index is 2.73. The smallest absolute Gasteiger partial charge is 0.123 e. The minimum atomic E-state index is -0.214. The first-order valence-corrected chi connectivity index (χ1v) is 5.33. The van der Waals surface area contributed by atoms with Gasteiger partial charge in [-0.05, 0) is 24.6 Å². The highest BCUT2D eigenvalue weighted by Gasteiger charge is 2.08. The zero-order chi connectivity index (χ0) is 9.68. The van der Waals surface area contributed by atoms with Crippen molar-refractivity contribution in [3.63, 3.8) is 0 Å². The highest BCUT2D eigenvalue weighted by atomic mass is 79.9. The van der Waals surface area contributed by atoms with Crippen LogP contribution in [0.2, 0.25) is 0 Å². The lowest BCUT2D eigenvalue weighted by Crippen LogP contribution is -2.05. The third kappa shape index (κ3) is 3.08. The lowest BCUT2D eigenvalue weighted by Gasteiger charge is -2.13. The Morgan fingerprint density at radius 1 is 1.38 bits per heavy atom. The third-order valence-corrected chi connectivity index (χ3v) is 2.34. The first kappa shape index (κ1) is 10.7. The summed E-state index contributed by atoms with van der Waals surface area (Å²) in [7, 11) is 0. The molecule has 1 aromatic rings. The maximum atomic E-state index is 12.6. The highest BCUT2D eigenvalue weighted by Crippen LogP contribution is 2.19. The molecule has 0 bridgehead atoms. The molecule has 0 amide bonds. The average Bonchev–Trinajstić information content (AvgIpc) is 2.16. The molecule has 0 saturated heterocycles. The van der Waals surface area contributed by atoms with Crippen molar-refractivity contribution < 1.29 is 9.13 Å². The summed E-state index contributed by atoms with van der Waals surface area (Å²) in [6.07, 6.45) is 0.0191. The van der Waals surface area contributed by atoms with Gasteiger partial charge in [0.25, 0.3) is 0 Å². The standard InChI is InChI=1S/C10H12BrFO/c1-2-13-10(7-11)8-3-5-9(12)6-4-8/h3-6,10H,2,7H2,1H3. The Hall–Kier alpha value is -0.410. The van der Waals surface area contributed by atoms with E-state index in [1.165, 1.54) is 12.1 Å². The number of hydrogen-bond donors (Lipinski definition) is 0. The van der Waals surface area contributed by atoms with Gasteiger partial charge in [0.1, 0.15) is 5.82 Å². The van der Waals surface area contributed by atoms with Gasteiger partial charge in [0.15, 0.2) is 0 Å². The fourth-order valence-electron chi connectivity index (χ4n) is 1.11. The number of alkyl halides is 1. The van der Waals surface area contributed by atoms with E-state index < -0.39 is 0 Å². The van der Waals surface area contributed by atoms with E-state index in [4.69, 9.17) is 4.74 Å². The van der Waals surface area contributed by atoms with E-state index in [-0.39, 0.29) is 11.9 Å². The van der Waals surface area contributed by atoms with Crippen LogP contribution in [0, 0.1) is 5.82 Å². The molecule has 3 heteroatoms. The second-order valence-corrected chi connectivity index (χ2v) is 3.30. The van der Waals surface area contributed by atoms with Crippen LogP contribution < -0.4 is 0 Å². The summed E-state index contributed by atoms with van der Waals surface area (Å²) in [6.45, 7) is 2.60. The number of benzene rings is 1. The molecular weight excluding hydrogens is 235 g/mol. The van der Waals surface area contributed by atoms with Gasteiger partial charge in [-0.3, -0.25) is 0 Å². The average molecular weight is 247 g/mol. The van der Waals surface area contributed by atoms with Crippen LogP contribution >= 0.6 is 15.9 Å². The lowest BCUT2D eigenvalue weighted by atomic mass is 10.1. The van der Waals surface area contributed by atoms with Crippen LogP contribution in [-0.4, -0.2) is 11.9 Å². The molecule has 13 heavy (non-hydrogen) atoms. The second kappa shape index (κ2) is 5.35. The van der Waals surface area contributed by atoms with Gasteiger partial charge in [-0.25, -0.2) is 4.39 Å². The van der Waals surface area contributed by atoms with Crippen LogP contribution in [0.3, 0.4) is 0 Å². The van der Waals surface area contributed by atoms with Gasteiger partial charge in [0.2, 0.25) is 0 Å². The molecule has 72 valence electrons. The largest absolute Gasteiger partial charge is 0.373 e. The number of ether oxygens (including phenoxy) is 1. The van der Waals surface area contributed by atoms with E-state index in [9.17, 15) is 4.39 Å². The Bertz CT molecular complexity index is 248. The fraction of sp³-hybridized carbons (Fsp3) is 0.400. The molecule has 1 atom stereocenters. The van der Waals surface area contributed by atoms with Gasteiger partial charge in [-0.15, -0.1) is 0 Å². The molecule has 0 saturated carbocycles. The van der Waals surface area contributed by atoms with Crippen molar-refractivity contribution >= 4 is 15.9 Å². The Morgan fingerprint density at radius 3 is 2.46 bits per heavy atom. The van der Waals surface area contributed by atoms with Crippen LogP contribution in [0.15, 0.2) is 24.3 Å². The Labute approximate surface area is 86.0 Å². The van der Waals surface area contributed by atoms with Gasteiger partial charge >= 0.3 is 0 Å². The van der Waals surface area contributed by atoms with Crippen molar-refractivity contribution in [3.05, 3.63) is 35.6 Å². The van der Waals surface area contributed by atoms with Gasteiger partial charge in [0.05, 0.1) is 6.10 Å². The number of rotatable bonds is 4. The van der Waals surface area contributed by atoms with E-state index in [0.717, 1.165) is 10.9 Å². The SMILES string of the molecule is CCOC(CBr)c1ccc(F)cc1. The van der Waals surface area contributed by atoms with E-state index in [1.807, 2.05) is 6.92 Å². The second-order valence-electron chi connectivity index (χ2n) is 2.65. The van der Waals surface area contributed by atoms with Crippen LogP contribution in [0.4, 0.5) is 4.39 Å². The molecule has 0 aliphatic heterocycles. The van der Waals surface area contributed by atoms with Gasteiger partial charge in [-0.2, -0.15) is 0 Å². The molecule has 0 aromatic heterocycles. The first-order valence-electron chi connectivity index (χ1n) is 4.21. The van der Waals surface area contributed by atoms with Crippen molar-refractivity contribution in [1.29, 1.82) is 0 Å². The molecule has 0 aliphatic carbocycles. The highest BCUT2D eigenvalue weighted by molar-refractivity contribution is 9.09. The van der Waals surface area contributed by atoms with Gasteiger partial charge < -0.3 is 4.74 Å².